The number of rotatable bonds is 7. The molecule has 1 aliphatic rings. The molecule has 2 aromatic carbocycles. The number of aromatic carboxylic acids is 1. The number of hydrogen-bond acceptors (Lipinski definition) is 6. The number of carbonyl (C=O) groups is 3. The lowest BCUT2D eigenvalue weighted by Gasteiger charge is -2.27. The molecule has 1 N–H and O–H groups in total. The monoisotopic (exact) mass is 455 g/mol. The highest BCUT2D eigenvalue weighted by atomic mass is 35.5. The first-order valence-corrected chi connectivity index (χ1v) is 9.81. The summed E-state index contributed by atoms with van der Waals surface area (Å²) in [6, 6.07) is 11.0. The molecule has 1 saturated heterocycles. The van der Waals surface area contributed by atoms with E-state index in [2.05, 4.69) is 11.9 Å². The lowest BCUT2D eigenvalue weighted by atomic mass is 10.1. The molecule has 0 atom stereocenters. The summed E-state index contributed by atoms with van der Waals surface area (Å²) in [5.41, 5.74) is 1.11. The Balaban J connectivity index is 1.77. The summed E-state index contributed by atoms with van der Waals surface area (Å²) in [7, 11) is 0. The number of benzene rings is 2. The fourth-order valence-corrected chi connectivity index (χ4v) is 3.32. The number of amides is 2. The van der Waals surface area contributed by atoms with Gasteiger partial charge in [-0.1, -0.05) is 41.9 Å². The topological polar surface area (TPSA) is 98.8 Å². The Morgan fingerprint density at radius 2 is 2.03 bits per heavy atom. The van der Waals surface area contributed by atoms with E-state index < -0.39 is 17.8 Å². The molecule has 1 heterocycles. The van der Waals surface area contributed by atoms with Gasteiger partial charge in [0.05, 0.1) is 11.0 Å². The predicted molar refractivity (Wildman–Crippen MR) is 117 cm³/mol. The van der Waals surface area contributed by atoms with Gasteiger partial charge in [-0.15, -0.1) is 6.58 Å². The maximum Gasteiger partial charge on any atom is 0.265 e. The van der Waals surface area contributed by atoms with E-state index in [1.54, 1.807) is 30.3 Å². The molecule has 7 nitrogen and oxygen atoms in total. The van der Waals surface area contributed by atoms with Crippen LogP contribution in [0.4, 0.5) is 0 Å². The van der Waals surface area contributed by atoms with E-state index in [9.17, 15) is 19.5 Å². The van der Waals surface area contributed by atoms with Crippen LogP contribution < -0.4 is 15.2 Å². The third kappa shape index (κ3) is 5.17. The van der Waals surface area contributed by atoms with Gasteiger partial charge in [-0.3, -0.25) is 19.8 Å². The zero-order chi connectivity index (χ0) is 22.5. The maximum atomic E-state index is 12.6. The van der Waals surface area contributed by atoms with Crippen molar-refractivity contribution < 1.29 is 24.2 Å². The van der Waals surface area contributed by atoms with E-state index in [4.69, 9.17) is 28.6 Å². The van der Waals surface area contributed by atoms with Crippen molar-refractivity contribution in [2.45, 2.75) is 6.61 Å². The molecule has 3 rings (SSSR count). The first-order chi connectivity index (χ1) is 14.8. The minimum Gasteiger partial charge on any atom is -0.545 e. The Kier molecular flexibility index (Phi) is 6.84. The molecular weight excluding hydrogens is 440 g/mol. The third-order valence-electron chi connectivity index (χ3n) is 4.32. The van der Waals surface area contributed by atoms with E-state index >= 15 is 0 Å². The fourth-order valence-electron chi connectivity index (χ4n) is 2.83. The van der Waals surface area contributed by atoms with Gasteiger partial charge in [0.2, 0.25) is 0 Å². The Labute approximate surface area is 188 Å². The van der Waals surface area contributed by atoms with Crippen LogP contribution in [0.25, 0.3) is 6.08 Å². The van der Waals surface area contributed by atoms with Crippen molar-refractivity contribution in [1.82, 2.24) is 10.2 Å². The molecule has 0 radical (unpaired) electrons. The number of hydrogen-bond donors (Lipinski definition) is 1. The molecule has 0 saturated carbocycles. The van der Waals surface area contributed by atoms with E-state index in [1.165, 1.54) is 29.2 Å². The summed E-state index contributed by atoms with van der Waals surface area (Å²) >= 11 is 11.3. The first-order valence-electron chi connectivity index (χ1n) is 9.02. The molecule has 1 fully saturated rings. The van der Waals surface area contributed by atoms with Crippen LogP contribution in [0.1, 0.15) is 21.5 Å². The molecule has 1 aliphatic heterocycles. The van der Waals surface area contributed by atoms with Gasteiger partial charge >= 0.3 is 0 Å². The summed E-state index contributed by atoms with van der Waals surface area (Å²) in [5.74, 6) is -2.04. The smallest absolute Gasteiger partial charge is 0.265 e. The molecule has 0 spiro atoms. The number of nitrogens with zero attached hydrogens (tertiary/aromatic N) is 1. The van der Waals surface area contributed by atoms with E-state index in [0.717, 1.165) is 0 Å². The number of thiocarbonyl (C=S) groups is 1. The summed E-state index contributed by atoms with van der Waals surface area (Å²) in [6.45, 7) is 3.84. The number of nitrogens with one attached hydrogen (secondary N) is 1. The molecule has 0 aliphatic carbocycles. The fraction of sp³-hybridized carbons (Fsp3) is 0.0909. The van der Waals surface area contributed by atoms with Crippen molar-refractivity contribution in [2.24, 2.45) is 0 Å². The molecule has 0 aromatic heterocycles. The lowest BCUT2D eigenvalue weighted by molar-refractivity contribution is -0.255. The number of ether oxygens (including phenoxy) is 1. The number of halogens is 1. The van der Waals surface area contributed by atoms with Crippen LogP contribution in [-0.4, -0.2) is 34.3 Å². The molecule has 158 valence electrons. The maximum absolute atomic E-state index is 12.6. The van der Waals surface area contributed by atoms with Crippen LogP contribution in [0.2, 0.25) is 5.02 Å². The highest BCUT2D eigenvalue weighted by Gasteiger charge is 2.32. The lowest BCUT2D eigenvalue weighted by Crippen LogP contribution is -2.53. The molecule has 0 bridgehead atoms. The summed E-state index contributed by atoms with van der Waals surface area (Å²) < 4.78 is 5.66. The summed E-state index contributed by atoms with van der Waals surface area (Å²) in [6.07, 6.45) is 2.92. The highest BCUT2D eigenvalue weighted by molar-refractivity contribution is 7.80. The standard InChI is InChI=1S/C22H17ClN2O5S/c1-2-8-25-20(27)16(19(26)24-22(25)31)10-13-6-7-18(17(23)11-13)30-12-14-4-3-5-15(9-14)21(28)29/h2-7,9-11H,1,8,12H2,(H,28,29)(H,24,26,31)/p-1/b16-10+. The second-order valence-corrected chi connectivity index (χ2v) is 7.28. The minimum absolute atomic E-state index is 0.0246. The molecule has 2 aromatic rings. The second kappa shape index (κ2) is 9.55. The Bertz CT molecular complexity index is 1130. The SMILES string of the molecule is C=CCN1C(=O)/C(=C/c2ccc(OCc3cccc(C(=O)[O-])c3)c(Cl)c2)C(=O)NC1=S. The Hall–Kier alpha value is -3.49. The molecule has 2 amide bonds. The normalized spacial score (nSPS) is 15.1. The van der Waals surface area contributed by atoms with Crippen molar-refractivity contribution in [2.75, 3.05) is 6.54 Å². The van der Waals surface area contributed by atoms with E-state index in [-0.39, 0.29) is 34.4 Å². The van der Waals surface area contributed by atoms with Crippen molar-refractivity contribution in [3.63, 3.8) is 0 Å². The van der Waals surface area contributed by atoms with Gasteiger partial charge in [0.1, 0.15) is 17.9 Å². The zero-order valence-corrected chi connectivity index (χ0v) is 17.7. The number of carboxylic acids is 1. The van der Waals surface area contributed by atoms with Gasteiger partial charge in [0, 0.05) is 6.54 Å². The summed E-state index contributed by atoms with van der Waals surface area (Å²) in [4.78, 5) is 37.0. The second-order valence-electron chi connectivity index (χ2n) is 6.49. The van der Waals surface area contributed by atoms with Gasteiger partial charge in [0.15, 0.2) is 5.11 Å². The number of carbonyl (C=O) groups excluding carboxylic acids is 3. The minimum atomic E-state index is -1.27. The van der Waals surface area contributed by atoms with Crippen LogP contribution >= 0.6 is 23.8 Å². The molecule has 9 heteroatoms. The average Bonchev–Trinajstić information content (AvgIpc) is 2.73. The average molecular weight is 456 g/mol. The van der Waals surface area contributed by atoms with Crippen molar-refractivity contribution >= 4 is 52.8 Å². The predicted octanol–water partition coefficient (Wildman–Crippen LogP) is 2.10. The molecule has 31 heavy (non-hydrogen) atoms. The molecular formula is C22H16ClN2O5S-. The van der Waals surface area contributed by atoms with Crippen LogP contribution in [0, 0.1) is 0 Å². The van der Waals surface area contributed by atoms with Crippen LogP contribution in [0.5, 0.6) is 5.75 Å². The van der Waals surface area contributed by atoms with E-state index in [1.807, 2.05) is 0 Å². The summed E-state index contributed by atoms with van der Waals surface area (Å²) in [5, 5.41) is 13.7. The quantitative estimate of drug-likeness (QED) is 0.297. The highest BCUT2D eigenvalue weighted by Crippen LogP contribution is 2.28. The first kappa shape index (κ1) is 22.2. The van der Waals surface area contributed by atoms with Crippen LogP contribution in [0.15, 0.2) is 60.7 Å². The van der Waals surface area contributed by atoms with E-state index in [0.29, 0.717) is 16.9 Å². The van der Waals surface area contributed by atoms with Crippen molar-refractivity contribution in [1.29, 1.82) is 0 Å². The van der Waals surface area contributed by atoms with Gasteiger partial charge < -0.3 is 14.6 Å². The van der Waals surface area contributed by atoms with Gasteiger partial charge in [0.25, 0.3) is 11.8 Å². The van der Waals surface area contributed by atoms with Gasteiger partial charge in [-0.25, -0.2) is 0 Å². The molecule has 0 unspecified atom stereocenters. The van der Waals surface area contributed by atoms with Crippen LogP contribution in [-0.2, 0) is 16.2 Å². The Morgan fingerprint density at radius 3 is 2.71 bits per heavy atom. The Morgan fingerprint density at radius 1 is 1.26 bits per heavy atom. The zero-order valence-electron chi connectivity index (χ0n) is 16.1. The van der Waals surface area contributed by atoms with Crippen molar-refractivity contribution in [3.8, 4) is 5.75 Å². The van der Waals surface area contributed by atoms with Crippen LogP contribution in [0.3, 0.4) is 0 Å². The third-order valence-corrected chi connectivity index (χ3v) is 4.94. The number of carboxylic acid groups (broad SMARTS) is 1. The largest absolute Gasteiger partial charge is 0.545 e. The van der Waals surface area contributed by atoms with Crippen molar-refractivity contribution in [3.05, 3.63) is 82.4 Å². The van der Waals surface area contributed by atoms with Gasteiger partial charge in [-0.05, 0) is 53.2 Å². The van der Waals surface area contributed by atoms with Gasteiger partial charge in [-0.2, -0.15) is 0 Å².